The highest BCUT2D eigenvalue weighted by molar-refractivity contribution is 5.91. The van der Waals surface area contributed by atoms with E-state index in [0.29, 0.717) is 11.4 Å². The summed E-state index contributed by atoms with van der Waals surface area (Å²) in [7, 11) is 0. The van der Waals surface area contributed by atoms with Crippen molar-refractivity contribution in [2.45, 2.75) is 38.0 Å². The maximum Gasteiger partial charge on any atom is 0.267 e. The second kappa shape index (κ2) is 7.68. The van der Waals surface area contributed by atoms with Crippen molar-refractivity contribution in [3.8, 4) is 22.6 Å². The Hall–Kier alpha value is -4.14. The van der Waals surface area contributed by atoms with Crippen molar-refractivity contribution in [1.29, 1.82) is 0 Å². The van der Waals surface area contributed by atoms with Crippen LogP contribution in [0.15, 0.2) is 54.9 Å². The number of hydrogen-bond donors (Lipinski definition) is 1. The third kappa shape index (κ3) is 2.95. The zero-order valence-electron chi connectivity index (χ0n) is 19.7. The monoisotopic (exact) mass is 484 g/mol. The third-order valence-corrected chi connectivity index (χ3v) is 7.96. The molecule has 0 saturated heterocycles. The van der Waals surface area contributed by atoms with E-state index in [2.05, 4.69) is 34.0 Å². The van der Waals surface area contributed by atoms with Crippen molar-refractivity contribution < 1.29 is 13.6 Å². The first-order chi connectivity index (χ1) is 17.2. The molecule has 0 spiro atoms. The maximum absolute atomic E-state index is 14.5. The molecule has 1 saturated carbocycles. The van der Waals surface area contributed by atoms with Crippen LogP contribution in [0.4, 0.5) is 8.78 Å². The standard InChI is InChI=1S/C27H22F2N6O/c1-26(2)16-6-9-27(26,21-8-11-32-25(33-21)14-7-10-31-20(12-14)24(30)36)23-15(16)13-19(34-35-23)22-17(28)4-3-5-18(22)29/h3-5,7-8,10-13,16H,6,9H2,1-2H3,(H2,30,36)/t16-,27+/m0/s1. The highest BCUT2D eigenvalue weighted by atomic mass is 19.1. The quantitative estimate of drug-likeness (QED) is 0.455. The van der Waals surface area contributed by atoms with Crippen LogP contribution in [-0.2, 0) is 5.41 Å². The number of halogens is 2. The van der Waals surface area contributed by atoms with E-state index >= 15 is 0 Å². The van der Waals surface area contributed by atoms with Crippen molar-refractivity contribution in [2.75, 3.05) is 0 Å². The first kappa shape index (κ1) is 22.3. The number of primary amides is 1. The Kier molecular flexibility index (Phi) is 4.76. The number of nitrogens with two attached hydrogens (primary N) is 1. The number of aromatic nitrogens is 5. The molecule has 0 radical (unpaired) electrons. The lowest BCUT2D eigenvalue weighted by Gasteiger charge is -2.37. The van der Waals surface area contributed by atoms with Gasteiger partial charge in [-0.05, 0) is 66.1 Å². The second-order valence-corrected chi connectivity index (χ2v) is 9.91. The molecule has 4 aromatic rings. The van der Waals surface area contributed by atoms with Crippen LogP contribution in [0.5, 0.6) is 0 Å². The molecule has 2 bridgehead atoms. The number of amides is 1. The first-order valence-corrected chi connectivity index (χ1v) is 11.7. The van der Waals surface area contributed by atoms with E-state index in [1.54, 1.807) is 24.4 Å². The summed E-state index contributed by atoms with van der Waals surface area (Å²) in [5, 5.41) is 8.85. The molecule has 2 N–H and O–H groups in total. The molecule has 3 aromatic heterocycles. The number of pyridine rings is 1. The van der Waals surface area contributed by atoms with Gasteiger partial charge in [0.15, 0.2) is 5.82 Å². The van der Waals surface area contributed by atoms with Gasteiger partial charge in [-0.2, -0.15) is 5.10 Å². The third-order valence-electron chi connectivity index (χ3n) is 7.96. The van der Waals surface area contributed by atoms with E-state index in [-0.39, 0.29) is 28.3 Å². The van der Waals surface area contributed by atoms with Gasteiger partial charge in [-0.1, -0.05) is 19.9 Å². The zero-order chi connectivity index (χ0) is 25.2. The molecule has 1 aromatic carbocycles. The molecule has 7 nitrogen and oxygen atoms in total. The Morgan fingerprint density at radius 1 is 1.03 bits per heavy atom. The lowest BCUT2D eigenvalue weighted by atomic mass is 9.66. The lowest BCUT2D eigenvalue weighted by Crippen LogP contribution is -2.38. The number of carbonyl (C=O) groups is 1. The smallest absolute Gasteiger partial charge is 0.267 e. The van der Waals surface area contributed by atoms with Crippen molar-refractivity contribution in [2.24, 2.45) is 11.1 Å². The average Bonchev–Trinajstić information content (AvgIpc) is 3.25. The molecule has 2 aliphatic rings. The van der Waals surface area contributed by atoms with Crippen molar-refractivity contribution in [3.63, 3.8) is 0 Å². The van der Waals surface area contributed by atoms with Gasteiger partial charge in [-0.3, -0.25) is 9.78 Å². The molecule has 0 aliphatic heterocycles. The van der Waals surface area contributed by atoms with Crippen LogP contribution in [-0.4, -0.2) is 31.1 Å². The van der Waals surface area contributed by atoms with Gasteiger partial charge in [0.05, 0.1) is 28.1 Å². The molecule has 1 fully saturated rings. The van der Waals surface area contributed by atoms with Crippen LogP contribution in [0.25, 0.3) is 22.6 Å². The number of hydrogen-bond acceptors (Lipinski definition) is 6. The van der Waals surface area contributed by atoms with Crippen LogP contribution >= 0.6 is 0 Å². The molecule has 3 heterocycles. The number of rotatable bonds is 4. The normalized spacial score (nSPS) is 21.4. The first-order valence-electron chi connectivity index (χ1n) is 11.7. The zero-order valence-corrected chi connectivity index (χ0v) is 19.7. The summed E-state index contributed by atoms with van der Waals surface area (Å²) in [4.78, 5) is 25.0. The fraction of sp³-hybridized carbons (Fsp3) is 0.259. The summed E-state index contributed by atoms with van der Waals surface area (Å²) in [6.07, 6.45) is 4.87. The fourth-order valence-corrected chi connectivity index (χ4v) is 6.20. The topological polar surface area (TPSA) is 108 Å². The van der Waals surface area contributed by atoms with Gasteiger partial charge in [0.1, 0.15) is 17.3 Å². The molecule has 9 heteroatoms. The van der Waals surface area contributed by atoms with Crippen LogP contribution in [0.3, 0.4) is 0 Å². The number of nitrogens with zero attached hydrogens (tertiary/aromatic N) is 5. The summed E-state index contributed by atoms with van der Waals surface area (Å²) in [6, 6.07) is 10.7. The maximum atomic E-state index is 14.5. The van der Waals surface area contributed by atoms with E-state index in [4.69, 9.17) is 10.7 Å². The Bertz CT molecular complexity index is 1540. The van der Waals surface area contributed by atoms with E-state index < -0.39 is 23.0 Å². The summed E-state index contributed by atoms with van der Waals surface area (Å²) in [6.45, 7) is 4.35. The number of fused-ring (bicyclic) bond motifs is 5. The van der Waals surface area contributed by atoms with Crippen molar-refractivity contribution >= 4 is 5.91 Å². The van der Waals surface area contributed by atoms with E-state index in [1.807, 2.05) is 6.07 Å². The largest absolute Gasteiger partial charge is 0.364 e. The molecule has 36 heavy (non-hydrogen) atoms. The molecular formula is C27H22F2N6O. The van der Waals surface area contributed by atoms with Crippen molar-refractivity contribution in [1.82, 2.24) is 25.1 Å². The predicted octanol–water partition coefficient (Wildman–Crippen LogP) is 4.58. The fourth-order valence-electron chi connectivity index (χ4n) is 6.20. The van der Waals surface area contributed by atoms with E-state index in [9.17, 15) is 13.6 Å². The summed E-state index contributed by atoms with van der Waals surface area (Å²) in [5.74, 6) is -1.41. The molecule has 180 valence electrons. The summed E-state index contributed by atoms with van der Waals surface area (Å²) in [5.41, 5.74) is 7.84. The van der Waals surface area contributed by atoms with Crippen LogP contribution in [0.2, 0.25) is 0 Å². The molecule has 6 rings (SSSR count). The van der Waals surface area contributed by atoms with Gasteiger partial charge in [-0.15, -0.1) is 5.10 Å². The van der Waals surface area contributed by atoms with Gasteiger partial charge in [0.25, 0.3) is 5.91 Å². The minimum atomic E-state index is -0.672. The van der Waals surface area contributed by atoms with Gasteiger partial charge in [0, 0.05) is 18.0 Å². The minimum absolute atomic E-state index is 0.123. The Labute approximate surface area is 205 Å². The highest BCUT2D eigenvalue weighted by Crippen LogP contribution is 2.69. The lowest BCUT2D eigenvalue weighted by molar-refractivity contribution is 0.0995. The molecular weight excluding hydrogens is 462 g/mol. The van der Waals surface area contributed by atoms with Gasteiger partial charge in [0.2, 0.25) is 0 Å². The van der Waals surface area contributed by atoms with Crippen LogP contribution in [0.1, 0.15) is 60.0 Å². The summed E-state index contributed by atoms with van der Waals surface area (Å²) < 4.78 is 29.0. The van der Waals surface area contributed by atoms with Gasteiger partial charge in [-0.25, -0.2) is 18.7 Å². The second-order valence-electron chi connectivity index (χ2n) is 9.91. The number of benzene rings is 1. The molecule has 2 atom stereocenters. The number of carbonyl (C=O) groups excluding carboxylic acids is 1. The van der Waals surface area contributed by atoms with Crippen LogP contribution in [0, 0.1) is 17.0 Å². The van der Waals surface area contributed by atoms with E-state index in [1.165, 1.54) is 24.4 Å². The van der Waals surface area contributed by atoms with Gasteiger partial charge < -0.3 is 5.73 Å². The average molecular weight is 485 g/mol. The summed E-state index contributed by atoms with van der Waals surface area (Å²) >= 11 is 0. The molecule has 0 unspecified atom stereocenters. The Morgan fingerprint density at radius 3 is 2.53 bits per heavy atom. The predicted molar refractivity (Wildman–Crippen MR) is 128 cm³/mol. The Morgan fingerprint density at radius 2 is 1.78 bits per heavy atom. The molecule has 1 amide bonds. The van der Waals surface area contributed by atoms with Crippen LogP contribution < -0.4 is 5.73 Å². The highest BCUT2D eigenvalue weighted by Gasteiger charge is 2.65. The Balaban J connectivity index is 1.50. The molecule has 2 aliphatic carbocycles. The van der Waals surface area contributed by atoms with E-state index in [0.717, 1.165) is 29.8 Å². The SMILES string of the molecule is CC1(C)[C@H]2CC[C@@]1(c1ccnc(-c3ccnc(C(N)=O)c3)n1)c1nnc(-c3c(F)cccc3F)cc12. The minimum Gasteiger partial charge on any atom is -0.364 e. The van der Waals surface area contributed by atoms with Crippen molar-refractivity contribution in [3.05, 3.63) is 89.1 Å². The van der Waals surface area contributed by atoms with Gasteiger partial charge >= 0.3 is 0 Å².